The lowest BCUT2D eigenvalue weighted by Gasteiger charge is -2.20. The largest absolute Gasteiger partial charge is 0.480 e. The number of alkyl halides is 3. The van der Waals surface area contributed by atoms with Crippen LogP contribution in [0.25, 0.3) is 5.69 Å². The van der Waals surface area contributed by atoms with Gasteiger partial charge in [-0.25, -0.2) is 9.18 Å². The number of carbonyl (C=O) groups is 1. The second kappa shape index (κ2) is 8.92. The molecule has 8 nitrogen and oxygen atoms in total. The number of nitrogens with zero attached hydrogens (tertiary/aromatic N) is 4. The van der Waals surface area contributed by atoms with Crippen molar-refractivity contribution in [3.8, 4) is 11.4 Å². The number of ether oxygens (including phenoxy) is 1. The van der Waals surface area contributed by atoms with Crippen LogP contribution in [0.1, 0.15) is 41.6 Å². The Morgan fingerprint density at radius 2 is 2.03 bits per heavy atom. The molecule has 0 spiro atoms. The van der Waals surface area contributed by atoms with Crippen molar-refractivity contribution in [1.29, 1.82) is 0 Å². The lowest BCUT2D eigenvalue weighted by Crippen LogP contribution is -2.32. The maximum Gasteiger partial charge on any atom is 0.425 e. The molecule has 0 radical (unpaired) electrons. The fraction of sp³-hybridized carbons (Fsp3) is 0.364. The lowest BCUT2D eigenvalue weighted by atomic mass is 10.1. The third-order valence-electron chi connectivity index (χ3n) is 5.51. The van der Waals surface area contributed by atoms with E-state index < -0.39 is 46.7 Å². The van der Waals surface area contributed by atoms with Gasteiger partial charge in [0.2, 0.25) is 0 Å². The van der Waals surface area contributed by atoms with Gasteiger partial charge >= 0.3 is 11.9 Å². The van der Waals surface area contributed by atoms with E-state index in [-0.39, 0.29) is 0 Å². The summed E-state index contributed by atoms with van der Waals surface area (Å²) < 4.78 is 62.0. The smallest absolute Gasteiger partial charge is 0.425 e. The van der Waals surface area contributed by atoms with Crippen LogP contribution in [0.2, 0.25) is 0 Å². The first kappa shape index (κ1) is 23.5. The predicted molar refractivity (Wildman–Crippen MR) is 114 cm³/mol. The third kappa shape index (κ3) is 4.52. The van der Waals surface area contributed by atoms with Crippen LogP contribution in [0.5, 0.6) is 5.75 Å². The Morgan fingerprint density at radius 3 is 2.71 bits per heavy atom. The minimum absolute atomic E-state index is 0.296. The lowest BCUT2D eigenvalue weighted by molar-refractivity contribution is -0.189. The van der Waals surface area contributed by atoms with Crippen molar-refractivity contribution in [1.82, 2.24) is 19.3 Å². The van der Waals surface area contributed by atoms with E-state index in [0.717, 1.165) is 36.6 Å². The van der Waals surface area contributed by atoms with Gasteiger partial charge in [-0.15, -0.1) is 5.10 Å². The van der Waals surface area contributed by atoms with Crippen molar-refractivity contribution in [2.24, 2.45) is 0 Å². The van der Waals surface area contributed by atoms with Crippen LogP contribution in [-0.2, 0) is 13.0 Å². The van der Waals surface area contributed by atoms with Crippen molar-refractivity contribution in [3.05, 3.63) is 63.8 Å². The van der Waals surface area contributed by atoms with E-state index in [2.05, 4.69) is 15.4 Å². The van der Waals surface area contributed by atoms with E-state index >= 15 is 4.39 Å². The number of pyridine rings is 1. The van der Waals surface area contributed by atoms with Crippen LogP contribution < -0.4 is 15.7 Å². The van der Waals surface area contributed by atoms with Crippen molar-refractivity contribution in [2.45, 2.75) is 51.9 Å². The molecule has 1 N–H and O–H groups in total. The number of amides is 1. The Balaban J connectivity index is 1.79. The summed E-state index contributed by atoms with van der Waals surface area (Å²) >= 11 is 0. The summed E-state index contributed by atoms with van der Waals surface area (Å²) in [5.41, 5.74) is -0.756. The molecule has 0 aliphatic carbocycles. The molecule has 3 aromatic rings. The van der Waals surface area contributed by atoms with Gasteiger partial charge in [-0.05, 0) is 44.9 Å². The Hall–Kier alpha value is -3.70. The van der Waals surface area contributed by atoms with Gasteiger partial charge in [0.1, 0.15) is 23.1 Å². The number of nitrogens with one attached hydrogen (secondary N) is 1. The minimum atomic E-state index is -4.74. The number of hydrogen-bond acceptors (Lipinski definition) is 5. The summed E-state index contributed by atoms with van der Waals surface area (Å²) in [4.78, 5) is 29.7. The highest BCUT2D eigenvalue weighted by molar-refractivity contribution is 6.06. The van der Waals surface area contributed by atoms with E-state index in [1.165, 1.54) is 10.8 Å². The molecule has 0 saturated heterocycles. The van der Waals surface area contributed by atoms with Crippen LogP contribution in [0.3, 0.4) is 0 Å². The predicted octanol–water partition coefficient (Wildman–Crippen LogP) is 3.79. The first-order valence-electron chi connectivity index (χ1n) is 10.5. The van der Waals surface area contributed by atoms with Gasteiger partial charge < -0.3 is 10.1 Å². The zero-order chi connectivity index (χ0) is 24.6. The summed E-state index contributed by atoms with van der Waals surface area (Å²) in [5, 5.41) is 6.64. The molecule has 4 rings (SSSR count). The zero-order valence-corrected chi connectivity index (χ0v) is 18.3. The molecule has 12 heteroatoms. The molecule has 2 aromatic heterocycles. The Bertz CT molecular complexity index is 1300. The van der Waals surface area contributed by atoms with Crippen molar-refractivity contribution in [2.75, 3.05) is 5.32 Å². The standard InChI is InChI=1S/C22H21F4N5O3/c1-12-16(6-5-8-27-12)28-20(32)14-10-15(23)17(11-18(14)34-13(2)22(24,25)26)31-21(33)30-9-4-3-7-19(30)29-31/h5-6,8,10-11,13H,3-4,7,9H2,1-2H3,(H,28,32)/t13-/m0/s1. The molecular weight excluding hydrogens is 458 g/mol. The second-order valence-electron chi connectivity index (χ2n) is 7.91. The first-order chi connectivity index (χ1) is 16.1. The Kier molecular flexibility index (Phi) is 6.15. The van der Waals surface area contributed by atoms with Crippen LogP contribution in [0.4, 0.5) is 23.2 Å². The Morgan fingerprint density at radius 1 is 1.26 bits per heavy atom. The zero-order valence-electron chi connectivity index (χ0n) is 18.3. The van der Waals surface area contributed by atoms with Gasteiger partial charge in [0.25, 0.3) is 5.91 Å². The SMILES string of the molecule is Cc1ncccc1NC(=O)c1cc(F)c(-n2nc3n(c2=O)CCCC3)cc1O[C@@H](C)C(F)(F)F. The molecule has 0 bridgehead atoms. The van der Waals surface area contributed by atoms with E-state index in [4.69, 9.17) is 4.74 Å². The first-order valence-corrected chi connectivity index (χ1v) is 10.5. The van der Waals surface area contributed by atoms with Gasteiger partial charge in [-0.3, -0.25) is 14.3 Å². The number of fused-ring (bicyclic) bond motifs is 1. The summed E-state index contributed by atoms with van der Waals surface area (Å²) in [5.74, 6) is -2.01. The summed E-state index contributed by atoms with van der Waals surface area (Å²) in [6, 6.07) is 4.73. The number of hydrogen-bond donors (Lipinski definition) is 1. The number of carbonyl (C=O) groups excluding carboxylic acids is 1. The quantitative estimate of drug-likeness (QED) is 0.563. The molecule has 1 aliphatic rings. The number of halogens is 4. The van der Waals surface area contributed by atoms with Crippen molar-refractivity contribution < 1.29 is 27.1 Å². The molecular formula is C22H21F4N5O3. The third-order valence-corrected chi connectivity index (χ3v) is 5.51. The molecule has 3 heterocycles. The summed E-state index contributed by atoms with van der Waals surface area (Å²) in [7, 11) is 0. The number of benzene rings is 1. The van der Waals surface area contributed by atoms with Gasteiger partial charge in [-0.1, -0.05) is 0 Å². The number of aromatic nitrogens is 4. The highest BCUT2D eigenvalue weighted by Gasteiger charge is 2.39. The molecule has 0 fully saturated rings. The van der Waals surface area contributed by atoms with Gasteiger partial charge in [0, 0.05) is 25.2 Å². The normalized spacial score (nSPS) is 14.4. The van der Waals surface area contributed by atoms with Gasteiger partial charge in [0.05, 0.1) is 16.9 Å². The summed E-state index contributed by atoms with van der Waals surface area (Å²) in [6.45, 7) is 2.79. The molecule has 34 heavy (non-hydrogen) atoms. The Labute approximate surface area is 191 Å². The molecule has 1 aromatic carbocycles. The highest BCUT2D eigenvalue weighted by atomic mass is 19.4. The molecule has 0 saturated carbocycles. The minimum Gasteiger partial charge on any atom is -0.480 e. The van der Waals surface area contributed by atoms with E-state index in [9.17, 15) is 22.8 Å². The second-order valence-corrected chi connectivity index (χ2v) is 7.91. The van der Waals surface area contributed by atoms with E-state index in [1.807, 2.05) is 0 Å². The number of aryl methyl sites for hydroxylation is 2. The molecule has 1 atom stereocenters. The monoisotopic (exact) mass is 479 g/mol. The molecule has 0 unspecified atom stereocenters. The maximum atomic E-state index is 15.1. The average molecular weight is 479 g/mol. The van der Waals surface area contributed by atoms with Crippen molar-refractivity contribution in [3.63, 3.8) is 0 Å². The fourth-order valence-corrected chi connectivity index (χ4v) is 3.60. The van der Waals surface area contributed by atoms with Gasteiger partial charge in [0.15, 0.2) is 6.10 Å². The average Bonchev–Trinajstić information content (AvgIpc) is 3.12. The highest BCUT2D eigenvalue weighted by Crippen LogP contribution is 2.31. The maximum absolute atomic E-state index is 15.1. The fourth-order valence-electron chi connectivity index (χ4n) is 3.60. The van der Waals surface area contributed by atoms with E-state index in [0.29, 0.717) is 30.2 Å². The van der Waals surface area contributed by atoms with E-state index in [1.54, 1.807) is 19.1 Å². The molecule has 1 amide bonds. The summed E-state index contributed by atoms with van der Waals surface area (Å²) in [6.07, 6.45) is -3.46. The molecule has 180 valence electrons. The van der Waals surface area contributed by atoms with Crippen LogP contribution in [0, 0.1) is 12.7 Å². The van der Waals surface area contributed by atoms with Crippen molar-refractivity contribution >= 4 is 11.6 Å². The number of rotatable bonds is 5. The van der Waals surface area contributed by atoms with Gasteiger partial charge in [-0.2, -0.15) is 17.9 Å². The molecule has 1 aliphatic heterocycles. The van der Waals surface area contributed by atoms with Crippen LogP contribution in [0.15, 0.2) is 35.3 Å². The van der Waals surface area contributed by atoms with Crippen LogP contribution in [-0.4, -0.2) is 37.5 Å². The number of anilines is 1. The topological polar surface area (TPSA) is 91.0 Å². The van der Waals surface area contributed by atoms with Crippen LogP contribution >= 0.6 is 0 Å².